The molecule has 26 heavy (non-hydrogen) atoms. The first-order valence-electron chi connectivity index (χ1n) is 10.8. The van der Waals surface area contributed by atoms with Crippen molar-refractivity contribution in [2.45, 2.75) is 110 Å². The molecule has 1 N–H and O–H groups in total. The molecule has 0 radical (unpaired) electrons. The van der Waals surface area contributed by atoms with E-state index in [1.165, 1.54) is 64.2 Å². The highest BCUT2D eigenvalue weighted by molar-refractivity contribution is 5.32. The average molecular weight is 361 g/mol. The fourth-order valence-corrected chi connectivity index (χ4v) is 4.66. The Labute approximate surface area is 161 Å². The molecule has 1 fully saturated rings. The second-order valence-corrected chi connectivity index (χ2v) is 9.09. The van der Waals surface area contributed by atoms with Crippen molar-refractivity contribution in [3.8, 4) is 5.75 Å². The van der Waals surface area contributed by atoms with Crippen molar-refractivity contribution in [2.75, 3.05) is 0 Å². The molecular formula is C24H40O2. The fourth-order valence-electron chi connectivity index (χ4n) is 4.66. The van der Waals surface area contributed by atoms with Crippen LogP contribution in [0.5, 0.6) is 5.75 Å². The van der Waals surface area contributed by atoms with Crippen LogP contribution in [-0.2, 0) is 11.2 Å². The molecule has 1 aromatic rings. The summed E-state index contributed by atoms with van der Waals surface area (Å²) in [5.41, 5.74) is 1.32. The molecule has 0 unspecified atom stereocenters. The van der Waals surface area contributed by atoms with Gasteiger partial charge < -0.3 is 9.84 Å². The molecule has 0 atom stereocenters. The maximum atomic E-state index is 10.1. The minimum atomic E-state index is -0.240. The van der Waals surface area contributed by atoms with Gasteiger partial charge in [-0.3, -0.25) is 0 Å². The molecule has 1 aromatic carbocycles. The van der Waals surface area contributed by atoms with Crippen molar-refractivity contribution in [1.82, 2.24) is 0 Å². The van der Waals surface area contributed by atoms with E-state index in [-0.39, 0.29) is 5.60 Å². The van der Waals surface area contributed by atoms with Crippen molar-refractivity contribution in [1.29, 1.82) is 0 Å². The van der Waals surface area contributed by atoms with E-state index in [1.54, 1.807) is 6.07 Å². The van der Waals surface area contributed by atoms with Crippen LogP contribution in [0.3, 0.4) is 0 Å². The van der Waals surface area contributed by atoms with E-state index in [2.05, 4.69) is 27.7 Å². The van der Waals surface area contributed by atoms with Gasteiger partial charge in [0.25, 0.3) is 0 Å². The molecule has 2 heteroatoms. The Morgan fingerprint density at radius 3 is 2.15 bits per heavy atom. The smallest absolute Gasteiger partial charge is 0.118 e. The predicted octanol–water partition coefficient (Wildman–Crippen LogP) is 7.04. The number of benzene rings is 1. The van der Waals surface area contributed by atoms with Gasteiger partial charge in [0.2, 0.25) is 0 Å². The zero-order valence-electron chi connectivity index (χ0n) is 17.5. The van der Waals surface area contributed by atoms with E-state index in [9.17, 15) is 5.11 Å². The molecule has 0 heterocycles. The van der Waals surface area contributed by atoms with Crippen molar-refractivity contribution in [3.05, 3.63) is 29.8 Å². The summed E-state index contributed by atoms with van der Waals surface area (Å²) in [5, 5.41) is 10.1. The SMILES string of the molecule is CCCCC1(CCCC)CCC(OC(C)(C)Cc2ccccc2O)CC1. The van der Waals surface area contributed by atoms with Gasteiger partial charge in [-0.15, -0.1) is 0 Å². The summed E-state index contributed by atoms with van der Waals surface area (Å²) in [6.45, 7) is 8.94. The Hall–Kier alpha value is -1.02. The van der Waals surface area contributed by atoms with Crippen molar-refractivity contribution < 1.29 is 9.84 Å². The summed E-state index contributed by atoms with van der Waals surface area (Å²) < 4.78 is 6.53. The lowest BCUT2D eigenvalue weighted by atomic mass is 9.67. The lowest BCUT2D eigenvalue weighted by Crippen LogP contribution is -2.37. The van der Waals surface area contributed by atoms with E-state index >= 15 is 0 Å². The second kappa shape index (κ2) is 9.78. The summed E-state index contributed by atoms with van der Waals surface area (Å²) in [6.07, 6.45) is 14.3. The lowest BCUT2D eigenvalue weighted by Gasteiger charge is -2.43. The van der Waals surface area contributed by atoms with E-state index in [1.807, 2.05) is 18.2 Å². The molecule has 0 aliphatic heterocycles. The molecule has 0 amide bonds. The van der Waals surface area contributed by atoms with Crippen LogP contribution in [-0.4, -0.2) is 16.8 Å². The van der Waals surface area contributed by atoms with Crippen LogP contribution in [0.15, 0.2) is 24.3 Å². The molecule has 0 bridgehead atoms. The Kier molecular flexibility index (Phi) is 8.01. The van der Waals surface area contributed by atoms with Gasteiger partial charge >= 0.3 is 0 Å². The summed E-state index contributed by atoms with van der Waals surface area (Å²) >= 11 is 0. The third-order valence-corrected chi connectivity index (χ3v) is 6.21. The summed E-state index contributed by atoms with van der Waals surface area (Å²) in [6, 6.07) is 7.63. The standard InChI is InChI=1S/C24H40O2/c1-5-7-15-24(16-8-6-2)17-13-21(14-18-24)26-23(3,4)19-20-11-9-10-12-22(20)25/h9-12,21,25H,5-8,13-19H2,1-4H3. The molecule has 0 spiro atoms. The maximum Gasteiger partial charge on any atom is 0.118 e. The van der Waals surface area contributed by atoms with E-state index in [4.69, 9.17) is 4.74 Å². The van der Waals surface area contributed by atoms with E-state index in [0.29, 0.717) is 17.3 Å². The number of hydrogen-bond donors (Lipinski definition) is 1. The van der Waals surface area contributed by atoms with Crippen LogP contribution >= 0.6 is 0 Å². The fraction of sp³-hybridized carbons (Fsp3) is 0.750. The molecule has 0 saturated heterocycles. The summed E-state index contributed by atoms with van der Waals surface area (Å²) in [4.78, 5) is 0. The molecular weight excluding hydrogens is 320 g/mol. The monoisotopic (exact) mass is 360 g/mol. The number of phenolic OH excluding ortho intramolecular Hbond substituents is 1. The first kappa shape index (κ1) is 21.3. The van der Waals surface area contributed by atoms with Crippen LogP contribution in [0.4, 0.5) is 0 Å². The van der Waals surface area contributed by atoms with Crippen molar-refractivity contribution in [3.63, 3.8) is 0 Å². The topological polar surface area (TPSA) is 29.5 Å². The quantitative estimate of drug-likeness (QED) is 0.485. The number of unbranched alkanes of at least 4 members (excludes halogenated alkanes) is 2. The van der Waals surface area contributed by atoms with Crippen molar-refractivity contribution >= 4 is 0 Å². The predicted molar refractivity (Wildman–Crippen MR) is 111 cm³/mol. The number of hydrogen-bond acceptors (Lipinski definition) is 2. The average Bonchev–Trinajstić information content (AvgIpc) is 2.62. The Bertz CT molecular complexity index is 517. The molecule has 148 valence electrons. The molecule has 1 saturated carbocycles. The first-order valence-corrected chi connectivity index (χ1v) is 10.8. The minimum Gasteiger partial charge on any atom is -0.508 e. The molecule has 1 aliphatic rings. The van der Waals surface area contributed by atoms with Gasteiger partial charge in [0.1, 0.15) is 5.75 Å². The highest BCUT2D eigenvalue weighted by Crippen LogP contribution is 2.46. The molecule has 0 aromatic heterocycles. The Balaban J connectivity index is 1.90. The highest BCUT2D eigenvalue weighted by Gasteiger charge is 2.36. The highest BCUT2D eigenvalue weighted by atomic mass is 16.5. The number of para-hydroxylation sites is 1. The number of ether oxygens (including phenoxy) is 1. The van der Waals surface area contributed by atoms with Crippen LogP contribution in [0, 0.1) is 5.41 Å². The number of rotatable bonds is 10. The van der Waals surface area contributed by atoms with Crippen LogP contribution in [0.25, 0.3) is 0 Å². The van der Waals surface area contributed by atoms with Gasteiger partial charge in [0.15, 0.2) is 0 Å². The normalized spacial score (nSPS) is 18.2. The lowest BCUT2D eigenvalue weighted by molar-refractivity contribution is -0.0989. The zero-order chi connectivity index (χ0) is 19.0. The molecule has 2 nitrogen and oxygen atoms in total. The third kappa shape index (κ3) is 6.30. The number of phenols is 1. The molecule has 2 rings (SSSR count). The third-order valence-electron chi connectivity index (χ3n) is 6.21. The number of aromatic hydroxyl groups is 1. The van der Waals surface area contributed by atoms with Crippen LogP contribution in [0.1, 0.15) is 97.5 Å². The summed E-state index contributed by atoms with van der Waals surface area (Å²) in [5.74, 6) is 0.381. The van der Waals surface area contributed by atoms with Gasteiger partial charge in [0, 0.05) is 6.42 Å². The van der Waals surface area contributed by atoms with Gasteiger partial charge in [-0.2, -0.15) is 0 Å². The second-order valence-electron chi connectivity index (χ2n) is 9.09. The van der Waals surface area contributed by atoms with Crippen LogP contribution < -0.4 is 0 Å². The van der Waals surface area contributed by atoms with Gasteiger partial charge in [-0.1, -0.05) is 57.7 Å². The van der Waals surface area contributed by atoms with Crippen LogP contribution in [0.2, 0.25) is 0 Å². The van der Waals surface area contributed by atoms with E-state index < -0.39 is 0 Å². The van der Waals surface area contributed by atoms with Gasteiger partial charge in [-0.25, -0.2) is 0 Å². The van der Waals surface area contributed by atoms with E-state index in [0.717, 1.165) is 12.0 Å². The Morgan fingerprint density at radius 1 is 1.04 bits per heavy atom. The largest absolute Gasteiger partial charge is 0.508 e. The molecule has 1 aliphatic carbocycles. The van der Waals surface area contributed by atoms with Gasteiger partial charge in [-0.05, 0) is 69.4 Å². The van der Waals surface area contributed by atoms with Gasteiger partial charge in [0.05, 0.1) is 11.7 Å². The summed E-state index contributed by atoms with van der Waals surface area (Å²) in [7, 11) is 0. The minimum absolute atomic E-state index is 0.240. The van der Waals surface area contributed by atoms with Crippen molar-refractivity contribution in [2.24, 2.45) is 5.41 Å². The Morgan fingerprint density at radius 2 is 1.62 bits per heavy atom. The maximum absolute atomic E-state index is 10.1. The first-order chi connectivity index (χ1) is 12.4. The zero-order valence-corrected chi connectivity index (χ0v) is 17.5.